The predicted molar refractivity (Wildman–Crippen MR) is 54.5 cm³/mol. The molecule has 1 rings (SSSR count). The van der Waals surface area contributed by atoms with E-state index in [-0.39, 0.29) is 6.61 Å². The zero-order valence-corrected chi connectivity index (χ0v) is 9.08. The minimum absolute atomic E-state index is 0.0739. The van der Waals surface area contributed by atoms with E-state index in [1.165, 1.54) is 19.1 Å². The van der Waals surface area contributed by atoms with Crippen molar-refractivity contribution in [3.63, 3.8) is 0 Å². The average Bonchev–Trinajstić information content (AvgIpc) is 2.63. The van der Waals surface area contributed by atoms with E-state index >= 15 is 0 Å². The van der Waals surface area contributed by atoms with Crippen molar-refractivity contribution in [2.24, 2.45) is 0 Å². The topological polar surface area (TPSA) is 38.7 Å². The van der Waals surface area contributed by atoms with Crippen LogP contribution in [0.25, 0.3) is 0 Å². The third-order valence-electron chi connectivity index (χ3n) is 2.58. The van der Waals surface area contributed by atoms with Crippen LogP contribution in [0.3, 0.4) is 0 Å². The molecule has 0 amide bonds. The Morgan fingerprint density at radius 3 is 2.64 bits per heavy atom. The highest BCUT2D eigenvalue weighted by Crippen LogP contribution is 2.33. The first-order chi connectivity index (χ1) is 6.76. The largest absolute Gasteiger partial charge is 0.456 e. The second-order valence-electron chi connectivity index (χ2n) is 3.68. The smallest absolute Gasteiger partial charge is 0.250 e. The Kier molecular flexibility index (Phi) is 4.26. The van der Waals surface area contributed by atoms with Crippen molar-refractivity contribution in [1.29, 1.82) is 0 Å². The highest BCUT2D eigenvalue weighted by molar-refractivity contribution is 4.97. The van der Waals surface area contributed by atoms with Crippen LogP contribution >= 0.6 is 0 Å². The molecule has 82 valence electrons. The van der Waals surface area contributed by atoms with Crippen molar-refractivity contribution in [2.75, 3.05) is 6.61 Å². The maximum atomic E-state index is 8.89. The third kappa shape index (κ3) is 2.64. The van der Waals surface area contributed by atoms with Gasteiger partial charge in [-0.3, -0.25) is 0 Å². The molecule has 3 nitrogen and oxygen atoms in total. The quantitative estimate of drug-likeness (QED) is 0.670. The summed E-state index contributed by atoms with van der Waals surface area (Å²) in [6.45, 7) is 4.14. The maximum Gasteiger partial charge on any atom is 0.250 e. The second-order valence-corrected chi connectivity index (χ2v) is 3.68. The molecule has 0 aromatic rings. The molecule has 1 aliphatic heterocycles. The number of aliphatic hydroxyl groups excluding tert-OH is 1. The summed E-state index contributed by atoms with van der Waals surface area (Å²) in [5, 5.41) is 8.89. The van der Waals surface area contributed by atoms with Gasteiger partial charge in [0.05, 0.1) is 0 Å². The Bertz CT molecular complexity index is 201. The second kappa shape index (κ2) is 5.25. The van der Waals surface area contributed by atoms with Crippen molar-refractivity contribution < 1.29 is 14.6 Å². The zero-order chi connectivity index (χ0) is 10.4. The maximum absolute atomic E-state index is 8.89. The fraction of sp³-hybridized carbons (Fsp3) is 0.818. The molecule has 0 aliphatic carbocycles. The minimum atomic E-state index is -0.493. The standard InChI is InChI=1S/C11H20O3/c1-3-5-6-7-11(4-2)13-9-10(8-12)14-11/h9,12H,3-8H2,1-2H3. The van der Waals surface area contributed by atoms with Gasteiger partial charge in [0.2, 0.25) is 5.79 Å². The van der Waals surface area contributed by atoms with Crippen LogP contribution in [0.15, 0.2) is 12.0 Å². The molecule has 0 saturated heterocycles. The molecule has 1 atom stereocenters. The first-order valence-electron chi connectivity index (χ1n) is 5.43. The van der Waals surface area contributed by atoms with Gasteiger partial charge in [-0.15, -0.1) is 0 Å². The van der Waals surface area contributed by atoms with Gasteiger partial charge in [0.1, 0.15) is 12.9 Å². The van der Waals surface area contributed by atoms with E-state index in [9.17, 15) is 0 Å². The lowest BCUT2D eigenvalue weighted by Gasteiger charge is -2.27. The molecule has 0 aromatic carbocycles. The van der Waals surface area contributed by atoms with Gasteiger partial charge in [-0.05, 0) is 6.42 Å². The predicted octanol–water partition coefficient (Wildman–Crippen LogP) is 2.55. The van der Waals surface area contributed by atoms with Gasteiger partial charge in [-0.2, -0.15) is 0 Å². The number of rotatable bonds is 6. The Labute approximate surface area is 85.7 Å². The van der Waals surface area contributed by atoms with Crippen molar-refractivity contribution in [1.82, 2.24) is 0 Å². The average molecular weight is 200 g/mol. The van der Waals surface area contributed by atoms with Crippen LogP contribution in [0.2, 0.25) is 0 Å². The first-order valence-corrected chi connectivity index (χ1v) is 5.43. The highest BCUT2D eigenvalue weighted by Gasteiger charge is 2.36. The van der Waals surface area contributed by atoms with Crippen LogP contribution in [0.5, 0.6) is 0 Å². The Hall–Kier alpha value is -0.700. The summed E-state index contributed by atoms with van der Waals surface area (Å²) in [5.74, 6) is 0.0519. The Morgan fingerprint density at radius 2 is 2.14 bits per heavy atom. The fourth-order valence-corrected chi connectivity index (χ4v) is 1.62. The van der Waals surface area contributed by atoms with E-state index in [0.717, 1.165) is 19.3 Å². The van der Waals surface area contributed by atoms with Crippen LogP contribution < -0.4 is 0 Å². The minimum Gasteiger partial charge on any atom is -0.456 e. The van der Waals surface area contributed by atoms with Crippen LogP contribution in [-0.2, 0) is 9.47 Å². The molecule has 0 bridgehead atoms. The summed E-state index contributed by atoms with van der Waals surface area (Å²) in [6.07, 6.45) is 6.75. The lowest BCUT2D eigenvalue weighted by molar-refractivity contribution is -0.158. The lowest BCUT2D eigenvalue weighted by Crippen LogP contribution is -2.29. The molecule has 1 aliphatic rings. The number of hydrogen-bond acceptors (Lipinski definition) is 3. The molecular weight excluding hydrogens is 180 g/mol. The fourth-order valence-electron chi connectivity index (χ4n) is 1.62. The summed E-state index contributed by atoms with van der Waals surface area (Å²) in [4.78, 5) is 0. The van der Waals surface area contributed by atoms with E-state index in [1.54, 1.807) is 0 Å². The molecule has 0 spiro atoms. The van der Waals surface area contributed by atoms with Crippen LogP contribution in [0.4, 0.5) is 0 Å². The first kappa shape index (κ1) is 11.4. The summed E-state index contributed by atoms with van der Waals surface area (Å²) < 4.78 is 11.1. The van der Waals surface area contributed by atoms with Gasteiger partial charge >= 0.3 is 0 Å². The van der Waals surface area contributed by atoms with Crippen molar-refractivity contribution in [3.05, 3.63) is 12.0 Å². The van der Waals surface area contributed by atoms with Gasteiger partial charge in [-0.1, -0.05) is 26.7 Å². The third-order valence-corrected chi connectivity index (χ3v) is 2.58. The number of unbranched alkanes of at least 4 members (excludes halogenated alkanes) is 2. The van der Waals surface area contributed by atoms with Gasteiger partial charge in [-0.25, -0.2) is 0 Å². The van der Waals surface area contributed by atoms with E-state index in [0.29, 0.717) is 5.76 Å². The van der Waals surface area contributed by atoms with Crippen LogP contribution in [0, 0.1) is 0 Å². The molecule has 0 fully saturated rings. The van der Waals surface area contributed by atoms with Crippen molar-refractivity contribution in [3.8, 4) is 0 Å². The molecular formula is C11H20O3. The van der Waals surface area contributed by atoms with Crippen LogP contribution in [-0.4, -0.2) is 17.5 Å². The molecule has 0 radical (unpaired) electrons. The van der Waals surface area contributed by atoms with E-state index < -0.39 is 5.79 Å². The summed E-state index contributed by atoms with van der Waals surface area (Å²) in [6, 6.07) is 0. The molecule has 1 heterocycles. The van der Waals surface area contributed by atoms with Crippen molar-refractivity contribution in [2.45, 2.75) is 51.7 Å². The van der Waals surface area contributed by atoms with Crippen LogP contribution in [0.1, 0.15) is 46.0 Å². The zero-order valence-electron chi connectivity index (χ0n) is 9.08. The summed E-state index contributed by atoms with van der Waals surface area (Å²) in [7, 11) is 0. The van der Waals surface area contributed by atoms with Gasteiger partial charge in [0.15, 0.2) is 5.76 Å². The number of ether oxygens (including phenoxy) is 2. The van der Waals surface area contributed by atoms with E-state index in [1.807, 2.05) is 6.92 Å². The van der Waals surface area contributed by atoms with E-state index in [2.05, 4.69) is 6.92 Å². The Balaban J connectivity index is 2.38. The molecule has 1 N–H and O–H groups in total. The SMILES string of the molecule is CCCCCC1(CC)OC=C(CO)O1. The monoisotopic (exact) mass is 200 g/mol. The van der Waals surface area contributed by atoms with Gasteiger partial charge in [0.25, 0.3) is 0 Å². The Morgan fingerprint density at radius 1 is 1.36 bits per heavy atom. The molecule has 1 unspecified atom stereocenters. The highest BCUT2D eigenvalue weighted by atomic mass is 16.7. The lowest BCUT2D eigenvalue weighted by atomic mass is 10.1. The van der Waals surface area contributed by atoms with Gasteiger partial charge in [0, 0.05) is 12.8 Å². The number of aliphatic hydroxyl groups is 1. The van der Waals surface area contributed by atoms with Crippen molar-refractivity contribution >= 4 is 0 Å². The number of hydrogen-bond donors (Lipinski definition) is 1. The van der Waals surface area contributed by atoms with E-state index in [4.69, 9.17) is 14.6 Å². The summed E-state index contributed by atoms with van der Waals surface area (Å²) in [5.41, 5.74) is 0. The molecule has 0 saturated carbocycles. The summed E-state index contributed by atoms with van der Waals surface area (Å²) >= 11 is 0. The van der Waals surface area contributed by atoms with Gasteiger partial charge < -0.3 is 14.6 Å². The molecule has 0 aromatic heterocycles. The normalized spacial score (nSPS) is 25.5. The molecule has 14 heavy (non-hydrogen) atoms. The molecule has 3 heteroatoms.